The molecule has 0 saturated heterocycles. The number of aliphatic hydroxyl groups excluding tert-OH is 1. The lowest BCUT2D eigenvalue weighted by atomic mass is 10.1. The lowest BCUT2D eigenvalue weighted by Gasteiger charge is -2.16. The smallest absolute Gasteiger partial charge is 0.337 e. The van der Waals surface area contributed by atoms with E-state index in [1.54, 1.807) is 24.3 Å². The van der Waals surface area contributed by atoms with E-state index in [0.717, 1.165) is 11.1 Å². The molecule has 1 aliphatic heterocycles. The zero-order valence-corrected chi connectivity index (χ0v) is 17.7. The molecule has 0 unspecified atom stereocenters. The second kappa shape index (κ2) is 9.44. The third kappa shape index (κ3) is 4.75. The van der Waals surface area contributed by atoms with E-state index in [1.165, 1.54) is 12.0 Å². The van der Waals surface area contributed by atoms with Crippen LogP contribution in [-0.2, 0) is 14.3 Å². The van der Waals surface area contributed by atoms with E-state index in [2.05, 4.69) is 10.6 Å². The average molecular weight is 423 g/mol. The Morgan fingerprint density at radius 2 is 1.87 bits per heavy atom. The lowest BCUT2D eigenvalue weighted by molar-refractivity contribution is -0.136. The number of aliphatic hydroxyl groups is 1. The first-order valence-electron chi connectivity index (χ1n) is 9.82. The molecule has 2 aromatic carbocycles. The van der Waals surface area contributed by atoms with Crippen LogP contribution in [0.1, 0.15) is 21.5 Å². The molecule has 31 heavy (non-hydrogen) atoms. The number of carbonyl (C=O) groups excluding carboxylic acids is 3. The number of anilines is 2. The predicted molar refractivity (Wildman–Crippen MR) is 117 cm³/mol. The Hall–Kier alpha value is -3.65. The van der Waals surface area contributed by atoms with Crippen LogP contribution in [0.15, 0.2) is 53.7 Å². The number of nitrogens with one attached hydrogen (secondary N) is 2. The molecule has 2 amide bonds. The maximum atomic E-state index is 12.9. The Morgan fingerprint density at radius 1 is 1.13 bits per heavy atom. The fraction of sp³-hybridized carbons (Fsp3) is 0.261. The number of benzene rings is 2. The van der Waals surface area contributed by atoms with Crippen LogP contribution in [-0.4, -0.2) is 54.6 Å². The number of rotatable bonds is 7. The summed E-state index contributed by atoms with van der Waals surface area (Å²) in [6.45, 7) is 3.82. The van der Waals surface area contributed by atoms with Gasteiger partial charge in [0.15, 0.2) is 0 Å². The molecule has 0 saturated carbocycles. The summed E-state index contributed by atoms with van der Waals surface area (Å²) < 4.78 is 4.80. The molecule has 0 atom stereocenters. The second-order valence-electron chi connectivity index (χ2n) is 7.22. The Bertz CT molecular complexity index is 1060. The van der Waals surface area contributed by atoms with E-state index in [9.17, 15) is 19.5 Å². The van der Waals surface area contributed by atoms with Gasteiger partial charge >= 0.3 is 5.97 Å². The standard InChI is InChI=1S/C23H25N3O5/c1-14-8-9-16(12-15(14)2)24-21(28)17-6-4-5-7-19(17)25-20-18(23(30)31-3)13-26(10-11-27)22(20)29/h4-9,12,25,27H,10-11,13H2,1-3H3,(H,24,28). The molecule has 2 aromatic rings. The number of β-amino-alcohol motifs (C(OH)–C–C–N with tert-alkyl or cyclic N) is 1. The van der Waals surface area contributed by atoms with Gasteiger partial charge < -0.3 is 25.4 Å². The van der Waals surface area contributed by atoms with Crippen LogP contribution in [0.2, 0.25) is 0 Å². The van der Waals surface area contributed by atoms with Gasteiger partial charge in [-0.2, -0.15) is 0 Å². The van der Waals surface area contributed by atoms with E-state index in [-0.39, 0.29) is 36.9 Å². The van der Waals surface area contributed by atoms with Crippen LogP contribution in [0.4, 0.5) is 11.4 Å². The van der Waals surface area contributed by atoms with Crippen LogP contribution in [0.5, 0.6) is 0 Å². The molecule has 0 bridgehead atoms. The van der Waals surface area contributed by atoms with Crippen molar-refractivity contribution >= 4 is 29.2 Å². The summed E-state index contributed by atoms with van der Waals surface area (Å²) in [5, 5.41) is 15.0. The molecular weight excluding hydrogens is 398 g/mol. The van der Waals surface area contributed by atoms with Gasteiger partial charge in [-0.1, -0.05) is 18.2 Å². The maximum Gasteiger partial charge on any atom is 0.337 e. The summed E-state index contributed by atoms with van der Waals surface area (Å²) in [4.78, 5) is 39.2. The highest BCUT2D eigenvalue weighted by molar-refractivity contribution is 6.11. The Balaban J connectivity index is 1.90. The highest BCUT2D eigenvalue weighted by atomic mass is 16.5. The van der Waals surface area contributed by atoms with Gasteiger partial charge in [0, 0.05) is 12.2 Å². The van der Waals surface area contributed by atoms with Crippen molar-refractivity contribution in [3.63, 3.8) is 0 Å². The van der Waals surface area contributed by atoms with E-state index < -0.39 is 11.9 Å². The number of para-hydroxylation sites is 1. The molecule has 0 radical (unpaired) electrons. The molecule has 162 valence electrons. The number of carbonyl (C=O) groups is 3. The molecular formula is C23H25N3O5. The molecule has 3 rings (SSSR count). The van der Waals surface area contributed by atoms with E-state index >= 15 is 0 Å². The number of hydrogen-bond acceptors (Lipinski definition) is 6. The van der Waals surface area contributed by atoms with Crippen molar-refractivity contribution in [2.24, 2.45) is 0 Å². The van der Waals surface area contributed by atoms with Gasteiger partial charge in [-0.05, 0) is 49.2 Å². The van der Waals surface area contributed by atoms with E-state index in [0.29, 0.717) is 16.9 Å². The Kier molecular flexibility index (Phi) is 6.71. The topological polar surface area (TPSA) is 108 Å². The number of aryl methyl sites for hydroxylation is 2. The zero-order valence-electron chi connectivity index (χ0n) is 17.7. The molecule has 1 aliphatic rings. The van der Waals surface area contributed by atoms with E-state index in [1.807, 2.05) is 32.0 Å². The molecule has 8 heteroatoms. The van der Waals surface area contributed by atoms with Crippen molar-refractivity contribution in [2.45, 2.75) is 13.8 Å². The van der Waals surface area contributed by atoms with Crippen molar-refractivity contribution in [1.82, 2.24) is 4.90 Å². The number of amides is 2. The third-order valence-electron chi connectivity index (χ3n) is 5.15. The van der Waals surface area contributed by atoms with Gasteiger partial charge in [-0.3, -0.25) is 9.59 Å². The number of esters is 1. The first-order valence-corrected chi connectivity index (χ1v) is 9.82. The quantitative estimate of drug-likeness (QED) is 0.590. The Labute approximate surface area is 180 Å². The predicted octanol–water partition coefficient (Wildman–Crippen LogP) is 2.23. The van der Waals surface area contributed by atoms with Gasteiger partial charge in [0.25, 0.3) is 11.8 Å². The van der Waals surface area contributed by atoms with E-state index in [4.69, 9.17) is 4.74 Å². The van der Waals surface area contributed by atoms with Gasteiger partial charge in [0.05, 0.1) is 37.1 Å². The highest BCUT2D eigenvalue weighted by Crippen LogP contribution is 2.25. The maximum absolute atomic E-state index is 12.9. The molecule has 3 N–H and O–H groups in total. The van der Waals surface area contributed by atoms with Gasteiger partial charge in [-0.15, -0.1) is 0 Å². The summed E-state index contributed by atoms with van der Waals surface area (Å²) >= 11 is 0. The molecule has 8 nitrogen and oxygen atoms in total. The number of methoxy groups -OCH3 is 1. The van der Waals surface area contributed by atoms with Crippen molar-refractivity contribution < 1.29 is 24.2 Å². The van der Waals surface area contributed by atoms with Gasteiger partial charge in [0.1, 0.15) is 5.70 Å². The highest BCUT2D eigenvalue weighted by Gasteiger charge is 2.34. The zero-order chi connectivity index (χ0) is 22.5. The summed E-state index contributed by atoms with van der Waals surface area (Å²) in [5.74, 6) is -1.45. The SMILES string of the molecule is COC(=O)C1=C(Nc2ccccc2C(=O)Nc2ccc(C)c(C)c2)C(=O)N(CCO)C1. The van der Waals surface area contributed by atoms with Crippen LogP contribution in [0.3, 0.4) is 0 Å². The van der Waals surface area contributed by atoms with Crippen molar-refractivity contribution in [2.75, 3.05) is 37.4 Å². The molecule has 0 aliphatic carbocycles. The number of ether oxygens (including phenoxy) is 1. The van der Waals surface area contributed by atoms with Crippen molar-refractivity contribution in [3.8, 4) is 0 Å². The van der Waals surface area contributed by atoms with Crippen LogP contribution in [0.25, 0.3) is 0 Å². The monoisotopic (exact) mass is 423 g/mol. The lowest BCUT2D eigenvalue weighted by Crippen LogP contribution is -2.31. The summed E-state index contributed by atoms with van der Waals surface area (Å²) in [7, 11) is 1.23. The molecule has 1 heterocycles. The second-order valence-corrected chi connectivity index (χ2v) is 7.22. The normalized spacial score (nSPS) is 13.4. The van der Waals surface area contributed by atoms with Crippen LogP contribution in [0, 0.1) is 13.8 Å². The summed E-state index contributed by atoms with van der Waals surface area (Å²) in [6.07, 6.45) is 0. The summed E-state index contributed by atoms with van der Waals surface area (Å²) in [6, 6.07) is 12.3. The van der Waals surface area contributed by atoms with Crippen LogP contribution < -0.4 is 10.6 Å². The van der Waals surface area contributed by atoms with Crippen molar-refractivity contribution in [3.05, 3.63) is 70.4 Å². The van der Waals surface area contributed by atoms with Gasteiger partial charge in [-0.25, -0.2) is 4.79 Å². The minimum absolute atomic E-state index is 0.0193. The average Bonchev–Trinajstić information content (AvgIpc) is 3.06. The molecule has 0 spiro atoms. The first-order chi connectivity index (χ1) is 14.8. The summed E-state index contributed by atoms with van der Waals surface area (Å²) in [5.41, 5.74) is 3.69. The van der Waals surface area contributed by atoms with Gasteiger partial charge in [0.2, 0.25) is 0 Å². The molecule has 0 fully saturated rings. The third-order valence-corrected chi connectivity index (χ3v) is 5.15. The minimum atomic E-state index is -0.645. The largest absolute Gasteiger partial charge is 0.466 e. The minimum Gasteiger partial charge on any atom is -0.466 e. The number of nitrogens with zero attached hydrogens (tertiary/aromatic N) is 1. The fourth-order valence-electron chi connectivity index (χ4n) is 3.29. The van der Waals surface area contributed by atoms with Crippen molar-refractivity contribution in [1.29, 1.82) is 0 Å². The molecule has 0 aromatic heterocycles. The Morgan fingerprint density at radius 3 is 2.55 bits per heavy atom. The fourth-order valence-corrected chi connectivity index (χ4v) is 3.29. The first kappa shape index (κ1) is 22.0. The van der Waals surface area contributed by atoms with Crippen LogP contribution >= 0.6 is 0 Å². The number of hydrogen-bond donors (Lipinski definition) is 3.